The molecule has 0 bridgehead atoms. The minimum Gasteiger partial charge on any atom is -0.391 e. The van der Waals surface area contributed by atoms with E-state index in [9.17, 15) is 19.5 Å². The lowest BCUT2D eigenvalue weighted by atomic mass is 9.85. The summed E-state index contributed by atoms with van der Waals surface area (Å²) in [5.41, 5.74) is 4.19. The molecule has 0 radical (unpaired) electrons. The van der Waals surface area contributed by atoms with Gasteiger partial charge < -0.3 is 25.4 Å². The topological polar surface area (TPSA) is 121 Å². The first kappa shape index (κ1) is 33.2. The van der Waals surface area contributed by atoms with Crippen LogP contribution in [0.5, 0.6) is 0 Å². The zero-order valence-corrected chi connectivity index (χ0v) is 26.1. The Labute approximate surface area is 253 Å². The molecule has 3 amide bonds. The fraction of sp³-hybridized carbons (Fsp3) is 0.562. The van der Waals surface area contributed by atoms with Gasteiger partial charge in [-0.2, -0.15) is 0 Å². The highest BCUT2D eigenvalue weighted by atomic mass is 32.1. The number of aliphatic hydroxyl groups excluding tert-OH is 1. The van der Waals surface area contributed by atoms with Gasteiger partial charge >= 0.3 is 0 Å². The zero-order valence-electron chi connectivity index (χ0n) is 25.3. The maximum atomic E-state index is 13.8. The molecule has 1 aliphatic heterocycles. The Hall–Kier alpha value is -3.26. The van der Waals surface area contributed by atoms with Crippen molar-refractivity contribution in [1.82, 2.24) is 20.5 Å². The summed E-state index contributed by atoms with van der Waals surface area (Å²) in [4.78, 5) is 46.8. The Morgan fingerprint density at radius 2 is 1.90 bits per heavy atom. The summed E-state index contributed by atoms with van der Waals surface area (Å²) in [6.45, 7) is 10.4. The van der Waals surface area contributed by atoms with Crippen LogP contribution >= 0.6 is 11.3 Å². The number of likely N-dealkylation sites (tertiary alicyclic amines) is 1. The van der Waals surface area contributed by atoms with Crippen molar-refractivity contribution in [1.29, 1.82) is 0 Å². The smallest absolute Gasteiger partial charge is 0.246 e. The molecular formula is C32H44N4O5S. The molecule has 9 nitrogen and oxygen atoms in total. The second-order valence-corrected chi connectivity index (χ2v) is 12.8. The van der Waals surface area contributed by atoms with Gasteiger partial charge in [0.25, 0.3) is 0 Å². The van der Waals surface area contributed by atoms with E-state index in [0.29, 0.717) is 13.0 Å². The van der Waals surface area contributed by atoms with E-state index in [0.717, 1.165) is 34.5 Å². The van der Waals surface area contributed by atoms with E-state index in [2.05, 4.69) is 21.5 Å². The zero-order chi connectivity index (χ0) is 30.9. The number of aryl methyl sites for hydroxylation is 1. The molecule has 0 unspecified atom stereocenters. The molecule has 2 heterocycles. The van der Waals surface area contributed by atoms with Crippen LogP contribution in [0.3, 0.4) is 0 Å². The summed E-state index contributed by atoms with van der Waals surface area (Å²) in [6.07, 6.45) is 7.02. The van der Waals surface area contributed by atoms with Crippen molar-refractivity contribution in [3.8, 4) is 22.8 Å². The van der Waals surface area contributed by atoms with E-state index >= 15 is 0 Å². The number of nitrogens with one attached hydrogen (secondary N) is 2. The predicted molar refractivity (Wildman–Crippen MR) is 164 cm³/mol. The standard InChI is InChI=1S/C32H44N4O5S/c1-7-16-41-17-10-8-9-11-27(38)35-29(32(4,5)6)31(40)36-19-25(37)18-26(36)30(39)34-21(2)23-12-14-24(15-13-23)28-22(3)33-20-42-28/h1,12-15,20-21,25-26,29,37H,8-11,16-19H2,2-6H3,(H,34,39)(H,35,38)/t21-,25+,26-,29+/m0/s1. The number of hydrogen-bond donors (Lipinski definition) is 3. The maximum absolute atomic E-state index is 13.8. The van der Waals surface area contributed by atoms with Crippen molar-refractivity contribution < 1.29 is 24.2 Å². The largest absolute Gasteiger partial charge is 0.391 e. The Morgan fingerprint density at radius 3 is 2.52 bits per heavy atom. The van der Waals surface area contributed by atoms with Gasteiger partial charge in [0.1, 0.15) is 18.7 Å². The molecule has 1 aromatic carbocycles. The molecule has 1 saturated heterocycles. The van der Waals surface area contributed by atoms with Crippen molar-refractivity contribution in [2.24, 2.45) is 5.41 Å². The summed E-state index contributed by atoms with van der Waals surface area (Å²) in [6, 6.07) is 5.99. The van der Waals surface area contributed by atoms with E-state index < -0.39 is 23.6 Å². The Bertz CT molecular complexity index is 1250. The van der Waals surface area contributed by atoms with E-state index in [1.54, 1.807) is 11.3 Å². The first-order chi connectivity index (χ1) is 19.9. The third-order valence-electron chi connectivity index (χ3n) is 7.44. The van der Waals surface area contributed by atoms with Crippen LogP contribution in [0.15, 0.2) is 29.8 Å². The van der Waals surface area contributed by atoms with Crippen LogP contribution in [0.2, 0.25) is 0 Å². The van der Waals surface area contributed by atoms with Crippen LogP contribution in [-0.4, -0.2) is 70.7 Å². The van der Waals surface area contributed by atoms with Gasteiger partial charge in [0, 0.05) is 26.0 Å². The average Bonchev–Trinajstić information content (AvgIpc) is 3.55. The lowest BCUT2D eigenvalue weighted by Crippen LogP contribution is -2.57. The molecule has 1 aliphatic rings. The number of ether oxygens (including phenoxy) is 1. The number of rotatable bonds is 13. The van der Waals surface area contributed by atoms with Crippen LogP contribution in [0.25, 0.3) is 10.4 Å². The fourth-order valence-electron chi connectivity index (χ4n) is 5.05. The summed E-state index contributed by atoms with van der Waals surface area (Å²) >= 11 is 1.58. The molecule has 2 aromatic rings. The van der Waals surface area contributed by atoms with Gasteiger partial charge in [0.15, 0.2) is 0 Å². The van der Waals surface area contributed by atoms with Crippen LogP contribution < -0.4 is 10.6 Å². The average molecular weight is 597 g/mol. The number of hydrogen-bond acceptors (Lipinski definition) is 7. The molecule has 42 heavy (non-hydrogen) atoms. The van der Waals surface area contributed by atoms with Crippen molar-refractivity contribution in [2.45, 2.75) is 91.0 Å². The highest BCUT2D eigenvalue weighted by molar-refractivity contribution is 7.13. The van der Waals surface area contributed by atoms with Crippen LogP contribution in [0.1, 0.15) is 77.1 Å². The number of benzene rings is 1. The highest BCUT2D eigenvalue weighted by Crippen LogP contribution is 2.29. The fourth-order valence-corrected chi connectivity index (χ4v) is 5.86. The number of amides is 3. The molecule has 228 valence electrons. The number of aliphatic hydroxyl groups is 1. The number of thiazole rings is 1. The van der Waals surface area contributed by atoms with E-state index in [4.69, 9.17) is 11.2 Å². The lowest BCUT2D eigenvalue weighted by molar-refractivity contribution is -0.144. The van der Waals surface area contributed by atoms with Gasteiger partial charge in [-0.15, -0.1) is 17.8 Å². The number of terminal acetylenes is 1. The SMILES string of the molecule is C#CCOCCCCCC(=O)N[C@H](C(=O)N1C[C@H](O)C[C@H]1C(=O)N[C@@H](C)c1ccc(-c2scnc2C)cc1)C(C)(C)C. The van der Waals surface area contributed by atoms with E-state index in [1.807, 2.05) is 64.4 Å². The van der Waals surface area contributed by atoms with E-state index in [1.165, 1.54) is 4.90 Å². The molecule has 3 rings (SSSR count). The summed E-state index contributed by atoms with van der Waals surface area (Å²) < 4.78 is 5.26. The molecular weight excluding hydrogens is 552 g/mol. The number of β-amino-alcohol motifs (C(OH)–C–C–N with tert-alkyl or cyclic N) is 1. The predicted octanol–water partition coefficient (Wildman–Crippen LogP) is 4.00. The van der Waals surface area contributed by atoms with Gasteiger partial charge in [-0.1, -0.05) is 57.4 Å². The lowest BCUT2D eigenvalue weighted by Gasteiger charge is -2.35. The van der Waals surface area contributed by atoms with Crippen molar-refractivity contribution in [2.75, 3.05) is 19.8 Å². The quantitative estimate of drug-likeness (QED) is 0.238. The molecule has 0 aliphatic carbocycles. The van der Waals surface area contributed by atoms with Crippen LogP contribution in [0, 0.1) is 24.7 Å². The third kappa shape index (κ3) is 9.12. The Morgan fingerprint density at radius 1 is 1.19 bits per heavy atom. The minimum atomic E-state index is -0.843. The number of carbonyl (C=O) groups is 3. The van der Waals surface area contributed by atoms with E-state index in [-0.39, 0.29) is 49.8 Å². The molecule has 4 atom stereocenters. The van der Waals surface area contributed by atoms with Gasteiger partial charge in [-0.25, -0.2) is 4.98 Å². The van der Waals surface area contributed by atoms with Gasteiger partial charge in [-0.3, -0.25) is 14.4 Å². The molecule has 0 saturated carbocycles. The van der Waals surface area contributed by atoms with Crippen molar-refractivity contribution >= 4 is 29.1 Å². The number of nitrogens with zero attached hydrogens (tertiary/aromatic N) is 2. The first-order valence-electron chi connectivity index (χ1n) is 14.5. The molecule has 1 fully saturated rings. The van der Waals surface area contributed by atoms with Crippen LogP contribution in [0.4, 0.5) is 0 Å². The van der Waals surface area contributed by atoms with Crippen molar-refractivity contribution in [3.05, 3.63) is 41.0 Å². The number of aromatic nitrogens is 1. The summed E-state index contributed by atoms with van der Waals surface area (Å²) in [5, 5.41) is 16.4. The maximum Gasteiger partial charge on any atom is 0.246 e. The second kappa shape index (κ2) is 15.3. The summed E-state index contributed by atoms with van der Waals surface area (Å²) in [5.74, 6) is 1.49. The van der Waals surface area contributed by atoms with Crippen molar-refractivity contribution in [3.63, 3.8) is 0 Å². The van der Waals surface area contributed by atoms with Gasteiger partial charge in [-0.05, 0) is 43.2 Å². The molecule has 10 heteroatoms. The normalized spacial score (nSPS) is 18.3. The van der Waals surface area contributed by atoms with Gasteiger partial charge in [0.05, 0.1) is 28.2 Å². The second-order valence-electron chi connectivity index (χ2n) is 11.9. The molecule has 0 spiro atoms. The van der Waals surface area contributed by atoms with Gasteiger partial charge in [0.2, 0.25) is 17.7 Å². The first-order valence-corrected chi connectivity index (χ1v) is 15.4. The monoisotopic (exact) mass is 596 g/mol. The minimum absolute atomic E-state index is 0.0360. The highest BCUT2D eigenvalue weighted by Gasteiger charge is 2.44. The number of unbranched alkanes of at least 4 members (excludes halogenated alkanes) is 2. The molecule has 3 N–H and O–H groups in total. The Kier molecular flexibility index (Phi) is 12.1. The Balaban J connectivity index is 1.61. The number of carbonyl (C=O) groups excluding carboxylic acids is 3. The molecule has 1 aromatic heterocycles. The third-order valence-corrected chi connectivity index (χ3v) is 8.42. The summed E-state index contributed by atoms with van der Waals surface area (Å²) in [7, 11) is 0. The van der Waals surface area contributed by atoms with Crippen LogP contribution in [-0.2, 0) is 19.1 Å².